The van der Waals surface area contributed by atoms with Crippen LogP contribution in [-0.4, -0.2) is 23.6 Å². The molecule has 0 saturated heterocycles. The molecule has 0 aliphatic carbocycles. The first kappa shape index (κ1) is 15.9. The lowest BCUT2D eigenvalue weighted by atomic mass is 10.2. The Labute approximate surface area is 142 Å². The van der Waals surface area contributed by atoms with Gasteiger partial charge in [0, 0.05) is 11.4 Å². The Bertz CT molecular complexity index is 874. The van der Waals surface area contributed by atoms with Crippen molar-refractivity contribution < 1.29 is 14.3 Å². The smallest absolute Gasteiger partial charge is 0.338 e. The number of carbonyl (C=O) groups excluding carboxylic acids is 2. The highest BCUT2D eigenvalue weighted by molar-refractivity contribution is 7.16. The molecule has 3 rings (SSSR count). The van der Waals surface area contributed by atoms with Crippen molar-refractivity contribution in [3.8, 4) is 0 Å². The van der Waals surface area contributed by atoms with E-state index in [2.05, 4.69) is 15.6 Å². The number of nitrogens with one attached hydrogen (secondary N) is 2. The summed E-state index contributed by atoms with van der Waals surface area (Å²) in [4.78, 5) is 27.8. The molecule has 122 valence electrons. The second-order valence-corrected chi connectivity index (χ2v) is 5.80. The largest absolute Gasteiger partial charge is 0.462 e. The van der Waals surface area contributed by atoms with Gasteiger partial charge in [0.05, 0.1) is 27.9 Å². The summed E-state index contributed by atoms with van der Waals surface area (Å²) in [6.07, 6.45) is 0. The first-order valence-electron chi connectivity index (χ1n) is 7.34. The molecule has 0 saturated carbocycles. The zero-order valence-electron chi connectivity index (χ0n) is 12.9. The third kappa shape index (κ3) is 3.69. The number of rotatable bonds is 4. The van der Waals surface area contributed by atoms with E-state index in [0.29, 0.717) is 23.5 Å². The van der Waals surface area contributed by atoms with Crippen LogP contribution in [0.5, 0.6) is 0 Å². The zero-order valence-corrected chi connectivity index (χ0v) is 13.7. The maximum atomic E-state index is 12.1. The molecule has 6 nitrogen and oxygen atoms in total. The lowest BCUT2D eigenvalue weighted by Gasteiger charge is -2.08. The Morgan fingerprint density at radius 2 is 1.79 bits per heavy atom. The minimum absolute atomic E-state index is 0.325. The van der Waals surface area contributed by atoms with Crippen LogP contribution in [0.4, 0.5) is 16.2 Å². The Kier molecular flexibility index (Phi) is 4.72. The summed E-state index contributed by atoms with van der Waals surface area (Å²) in [6, 6.07) is 11.7. The number of urea groups is 1. The van der Waals surface area contributed by atoms with Gasteiger partial charge in [0.15, 0.2) is 0 Å². The highest BCUT2D eigenvalue weighted by Crippen LogP contribution is 2.22. The molecule has 0 bridgehead atoms. The van der Waals surface area contributed by atoms with E-state index in [0.717, 1.165) is 10.2 Å². The molecular formula is C17H15N3O3S. The number of anilines is 2. The van der Waals surface area contributed by atoms with E-state index in [9.17, 15) is 9.59 Å². The molecule has 0 aliphatic heterocycles. The summed E-state index contributed by atoms with van der Waals surface area (Å²) < 4.78 is 5.92. The molecule has 0 atom stereocenters. The van der Waals surface area contributed by atoms with Gasteiger partial charge in [0.25, 0.3) is 0 Å². The van der Waals surface area contributed by atoms with E-state index in [1.165, 1.54) is 11.3 Å². The molecule has 1 heterocycles. The van der Waals surface area contributed by atoms with Crippen molar-refractivity contribution in [2.75, 3.05) is 17.2 Å². The normalized spacial score (nSPS) is 10.4. The van der Waals surface area contributed by atoms with E-state index in [1.54, 1.807) is 42.8 Å². The predicted octanol–water partition coefficient (Wildman–Crippen LogP) is 4.12. The van der Waals surface area contributed by atoms with Gasteiger partial charge in [-0.15, -0.1) is 11.3 Å². The number of nitrogens with zero attached hydrogens (tertiary/aromatic N) is 1. The number of esters is 1. The van der Waals surface area contributed by atoms with Gasteiger partial charge in [0.2, 0.25) is 0 Å². The summed E-state index contributed by atoms with van der Waals surface area (Å²) >= 11 is 1.51. The average Bonchev–Trinajstić information content (AvgIpc) is 3.03. The summed E-state index contributed by atoms with van der Waals surface area (Å²) in [7, 11) is 0. The van der Waals surface area contributed by atoms with E-state index < -0.39 is 0 Å². The summed E-state index contributed by atoms with van der Waals surface area (Å²) in [6.45, 7) is 2.08. The van der Waals surface area contributed by atoms with Crippen molar-refractivity contribution in [3.63, 3.8) is 0 Å². The summed E-state index contributed by atoms with van der Waals surface area (Å²) in [5, 5.41) is 5.48. The van der Waals surface area contributed by atoms with E-state index in [4.69, 9.17) is 4.74 Å². The van der Waals surface area contributed by atoms with Crippen molar-refractivity contribution in [1.29, 1.82) is 0 Å². The highest BCUT2D eigenvalue weighted by atomic mass is 32.1. The number of aromatic nitrogens is 1. The van der Waals surface area contributed by atoms with E-state index in [-0.39, 0.29) is 12.0 Å². The van der Waals surface area contributed by atoms with Gasteiger partial charge < -0.3 is 15.4 Å². The van der Waals surface area contributed by atoms with Gasteiger partial charge in [-0.2, -0.15) is 0 Å². The standard InChI is InChI=1S/C17H15N3O3S/c1-2-23-16(21)11-3-5-12(6-4-11)19-17(22)20-13-7-8-14-15(9-13)24-10-18-14/h3-10H,2H2,1H3,(H2,19,20,22). The molecule has 2 aromatic carbocycles. The van der Waals surface area contributed by atoms with Crippen LogP contribution < -0.4 is 10.6 Å². The number of hydrogen-bond acceptors (Lipinski definition) is 5. The summed E-state index contributed by atoms with van der Waals surface area (Å²) in [5.41, 5.74) is 4.38. The monoisotopic (exact) mass is 341 g/mol. The topological polar surface area (TPSA) is 80.3 Å². The second kappa shape index (κ2) is 7.10. The number of hydrogen-bond donors (Lipinski definition) is 2. The Hall–Kier alpha value is -2.93. The number of thiazole rings is 1. The molecule has 0 aliphatic rings. The molecule has 0 unspecified atom stereocenters. The first-order valence-corrected chi connectivity index (χ1v) is 8.22. The Morgan fingerprint density at radius 1 is 1.08 bits per heavy atom. The molecule has 0 spiro atoms. The van der Waals surface area contributed by atoms with E-state index in [1.807, 2.05) is 12.1 Å². The first-order chi connectivity index (χ1) is 11.7. The van der Waals surface area contributed by atoms with Crippen LogP contribution in [0.15, 0.2) is 48.0 Å². The Morgan fingerprint density at radius 3 is 2.54 bits per heavy atom. The molecule has 24 heavy (non-hydrogen) atoms. The van der Waals surface area contributed by atoms with Gasteiger partial charge in [-0.3, -0.25) is 0 Å². The van der Waals surface area contributed by atoms with Crippen molar-refractivity contribution in [2.45, 2.75) is 6.92 Å². The van der Waals surface area contributed by atoms with Gasteiger partial charge in [-0.1, -0.05) is 0 Å². The zero-order chi connectivity index (χ0) is 16.9. The molecule has 2 N–H and O–H groups in total. The SMILES string of the molecule is CCOC(=O)c1ccc(NC(=O)Nc2ccc3ncsc3c2)cc1. The fourth-order valence-electron chi connectivity index (χ4n) is 2.13. The minimum Gasteiger partial charge on any atom is -0.462 e. The highest BCUT2D eigenvalue weighted by Gasteiger charge is 2.08. The van der Waals surface area contributed by atoms with Crippen molar-refractivity contribution in [1.82, 2.24) is 4.98 Å². The van der Waals surface area contributed by atoms with Crippen LogP contribution in [0.1, 0.15) is 17.3 Å². The summed E-state index contributed by atoms with van der Waals surface area (Å²) in [5.74, 6) is -0.383. The van der Waals surface area contributed by atoms with Gasteiger partial charge in [-0.25, -0.2) is 14.6 Å². The van der Waals surface area contributed by atoms with Crippen molar-refractivity contribution in [3.05, 3.63) is 53.5 Å². The minimum atomic E-state index is -0.383. The fraction of sp³-hybridized carbons (Fsp3) is 0.118. The number of benzene rings is 2. The molecule has 1 aromatic heterocycles. The lowest BCUT2D eigenvalue weighted by Crippen LogP contribution is -2.19. The predicted molar refractivity (Wildman–Crippen MR) is 94.7 cm³/mol. The maximum absolute atomic E-state index is 12.1. The van der Waals surface area contributed by atoms with Gasteiger partial charge in [-0.05, 0) is 49.4 Å². The van der Waals surface area contributed by atoms with Crippen molar-refractivity contribution in [2.24, 2.45) is 0 Å². The molecule has 2 amide bonds. The van der Waals surface area contributed by atoms with Crippen LogP contribution in [0, 0.1) is 0 Å². The van der Waals surface area contributed by atoms with Crippen LogP contribution >= 0.6 is 11.3 Å². The van der Waals surface area contributed by atoms with Gasteiger partial charge in [0.1, 0.15) is 0 Å². The van der Waals surface area contributed by atoms with Crippen molar-refractivity contribution >= 4 is 44.9 Å². The Balaban J connectivity index is 1.62. The molecule has 0 radical (unpaired) electrons. The third-order valence-corrected chi connectivity index (χ3v) is 4.03. The van der Waals surface area contributed by atoms with Gasteiger partial charge >= 0.3 is 12.0 Å². The molecule has 0 fully saturated rings. The molecule has 3 aromatic rings. The number of ether oxygens (including phenoxy) is 1. The molecule has 7 heteroatoms. The second-order valence-electron chi connectivity index (χ2n) is 4.91. The lowest BCUT2D eigenvalue weighted by molar-refractivity contribution is 0.0526. The van der Waals surface area contributed by atoms with Crippen LogP contribution in [0.2, 0.25) is 0 Å². The van der Waals surface area contributed by atoms with Crippen LogP contribution in [0.25, 0.3) is 10.2 Å². The average molecular weight is 341 g/mol. The number of carbonyl (C=O) groups is 2. The molecular weight excluding hydrogens is 326 g/mol. The van der Waals surface area contributed by atoms with Crippen LogP contribution in [-0.2, 0) is 4.74 Å². The fourth-order valence-corrected chi connectivity index (χ4v) is 2.85. The van der Waals surface area contributed by atoms with Crippen LogP contribution in [0.3, 0.4) is 0 Å². The maximum Gasteiger partial charge on any atom is 0.338 e. The third-order valence-electron chi connectivity index (χ3n) is 3.24. The quantitative estimate of drug-likeness (QED) is 0.700. The van der Waals surface area contributed by atoms with E-state index >= 15 is 0 Å². The number of fused-ring (bicyclic) bond motifs is 1. The number of amides is 2.